The topological polar surface area (TPSA) is 54.5 Å². The molecule has 0 N–H and O–H groups in total. The van der Waals surface area contributed by atoms with E-state index in [1.807, 2.05) is 31.2 Å². The van der Waals surface area contributed by atoms with Crippen molar-refractivity contribution in [1.82, 2.24) is 14.8 Å². The first kappa shape index (κ1) is 15.3. The third kappa shape index (κ3) is 3.10. The van der Waals surface area contributed by atoms with Crippen LogP contribution < -0.4 is 0 Å². The summed E-state index contributed by atoms with van der Waals surface area (Å²) < 4.78 is 15.9. The van der Waals surface area contributed by atoms with E-state index in [0.29, 0.717) is 16.5 Å². The predicted octanol–water partition coefficient (Wildman–Crippen LogP) is 4.00. The van der Waals surface area contributed by atoms with Gasteiger partial charge in [-0.1, -0.05) is 41.6 Å². The van der Waals surface area contributed by atoms with E-state index in [0.717, 1.165) is 11.3 Å². The van der Waals surface area contributed by atoms with Crippen LogP contribution in [0.3, 0.4) is 0 Å². The molecule has 0 saturated heterocycles. The Morgan fingerprint density at radius 1 is 1.13 bits per heavy atom. The molecule has 0 aliphatic heterocycles. The third-order valence-corrected chi connectivity index (χ3v) is 4.10. The molecule has 1 heterocycles. The molecule has 0 spiro atoms. The van der Waals surface area contributed by atoms with Crippen molar-refractivity contribution in [2.24, 2.45) is 0 Å². The number of thioether (sulfide) groups is 1. The largest absolute Gasteiger partial charge is 0.270 e. The van der Waals surface area contributed by atoms with Gasteiger partial charge in [0.25, 0.3) is 0 Å². The molecule has 1 aromatic heterocycles. The number of hydrogen-bond donors (Lipinski definition) is 0. The minimum Gasteiger partial charge on any atom is -0.270 e. The highest BCUT2D eigenvalue weighted by Crippen LogP contribution is 2.29. The summed E-state index contributed by atoms with van der Waals surface area (Å²) in [4.78, 5) is 0. The van der Waals surface area contributed by atoms with E-state index in [4.69, 9.17) is 5.26 Å². The number of aromatic nitrogens is 3. The molecule has 0 radical (unpaired) electrons. The Balaban J connectivity index is 2.17. The average Bonchev–Trinajstić information content (AvgIpc) is 2.98. The fraction of sp³-hybridized carbons (Fsp3) is 0.118. The van der Waals surface area contributed by atoms with E-state index in [-0.39, 0.29) is 11.6 Å². The summed E-state index contributed by atoms with van der Waals surface area (Å²) in [5.74, 6) is 0.318. The minimum absolute atomic E-state index is 0.251. The maximum atomic E-state index is 14.2. The molecule has 0 unspecified atom stereocenters. The van der Waals surface area contributed by atoms with Gasteiger partial charge in [0.05, 0.1) is 17.4 Å². The van der Waals surface area contributed by atoms with Crippen LogP contribution in [0.4, 0.5) is 4.39 Å². The van der Waals surface area contributed by atoms with Gasteiger partial charge in [-0.15, -0.1) is 10.2 Å². The van der Waals surface area contributed by atoms with Crippen LogP contribution in [0.15, 0.2) is 53.7 Å². The fourth-order valence-electron chi connectivity index (χ4n) is 2.20. The Hall–Kier alpha value is -2.65. The lowest BCUT2D eigenvalue weighted by Gasteiger charge is -2.10. The van der Waals surface area contributed by atoms with Gasteiger partial charge in [0.1, 0.15) is 5.82 Å². The lowest BCUT2D eigenvalue weighted by molar-refractivity contribution is 0.629. The zero-order valence-electron chi connectivity index (χ0n) is 12.4. The van der Waals surface area contributed by atoms with Crippen LogP contribution in [0.25, 0.3) is 17.1 Å². The van der Waals surface area contributed by atoms with Gasteiger partial charge in [-0.2, -0.15) is 5.26 Å². The smallest absolute Gasteiger partial charge is 0.197 e. The van der Waals surface area contributed by atoms with Gasteiger partial charge >= 0.3 is 0 Å². The standard InChI is InChI=1S/C17H13FN4S/c1-12-6-8-13(9-7-12)22-16(14-4-2-3-5-15(14)18)20-21-17(22)23-11-10-19/h2-9H,11H2,1H3. The zero-order chi connectivity index (χ0) is 16.2. The third-order valence-electron chi connectivity index (χ3n) is 3.31. The predicted molar refractivity (Wildman–Crippen MR) is 87.8 cm³/mol. The Labute approximate surface area is 137 Å². The van der Waals surface area contributed by atoms with Gasteiger partial charge in [0.15, 0.2) is 11.0 Å². The number of benzene rings is 2. The van der Waals surface area contributed by atoms with Crippen LogP contribution in [0.5, 0.6) is 0 Å². The summed E-state index contributed by atoms with van der Waals surface area (Å²) >= 11 is 1.27. The molecule has 0 fully saturated rings. The van der Waals surface area contributed by atoms with Crippen LogP contribution in [0, 0.1) is 24.1 Å². The van der Waals surface area contributed by atoms with Gasteiger partial charge in [-0.05, 0) is 31.2 Å². The van der Waals surface area contributed by atoms with Gasteiger partial charge < -0.3 is 0 Å². The molecule has 0 amide bonds. The van der Waals surface area contributed by atoms with E-state index < -0.39 is 0 Å². The molecule has 3 aromatic rings. The maximum absolute atomic E-state index is 14.2. The zero-order valence-corrected chi connectivity index (χ0v) is 13.2. The second-order valence-corrected chi connectivity index (χ2v) is 5.85. The first-order valence-electron chi connectivity index (χ1n) is 6.98. The summed E-state index contributed by atoms with van der Waals surface area (Å²) in [6, 6.07) is 16.3. The van der Waals surface area contributed by atoms with Crippen molar-refractivity contribution in [3.63, 3.8) is 0 Å². The van der Waals surface area contributed by atoms with Crippen molar-refractivity contribution >= 4 is 11.8 Å². The quantitative estimate of drug-likeness (QED) is 0.681. The molecule has 0 aliphatic carbocycles. The number of hydrogen-bond acceptors (Lipinski definition) is 4. The number of nitrogens with zero attached hydrogens (tertiary/aromatic N) is 4. The highest BCUT2D eigenvalue weighted by molar-refractivity contribution is 7.99. The number of halogens is 1. The van der Waals surface area contributed by atoms with E-state index in [2.05, 4.69) is 16.3 Å². The normalized spacial score (nSPS) is 10.5. The van der Waals surface area contributed by atoms with Crippen LogP contribution in [0.2, 0.25) is 0 Å². The van der Waals surface area contributed by atoms with Crippen LogP contribution >= 0.6 is 11.8 Å². The molecular formula is C17H13FN4S. The fourth-order valence-corrected chi connectivity index (χ4v) is 2.82. The molecule has 2 aromatic carbocycles. The second kappa shape index (κ2) is 6.63. The summed E-state index contributed by atoms with van der Waals surface area (Å²) in [7, 11) is 0. The SMILES string of the molecule is Cc1ccc(-n2c(SCC#N)nnc2-c2ccccc2F)cc1. The van der Waals surface area contributed by atoms with Gasteiger partial charge in [-0.3, -0.25) is 4.57 Å². The summed E-state index contributed by atoms with van der Waals surface area (Å²) in [6.07, 6.45) is 0. The van der Waals surface area contributed by atoms with Crippen molar-refractivity contribution in [2.45, 2.75) is 12.1 Å². The highest BCUT2D eigenvalue weighted by atomic mass is 32.2. The first-order valence-corrected chi connectivity index (χ1v) is 7.96. The average molecular weight is 324 g/mol. The summed E-state index contributed by atoms with van der Waals surface area (Å²) in [5, 5.41) is 17.6. The van der Waals surface area contributed by atoms with Crippen molar-refractivity contribution in [1.29, 1.82) is 5.26 Å². The lowest BCUT2D eigenvalue weighted by Crippen LogP contribution is -2.01. The summed E-state index contributed by atoms with van der Waals surface area (Å²) in [6.45, 7) is 2.00. The van der Waals surface area contributed by atoms with E-state index >= 15 is 0 Å². The Morgan fingerprint density at radius 2 is 1.87 bits per heavy atom. The van der Waals surface area contributed by atoms with Gasteiger partial charge in [0.2, 0.25) is 0 Å². The molecule has 0 saturated carbocycles. The van der Waals surface area contributed by atoms with E-state index in [1.54, 1.807) is 22.8 Å². The van der Waals surface area contributed by atoms with E-state index in [1.165, 1.54) is 17.8 Å². The Morgan fingerprint density at radius 3 is 2.57 bits per heavy atom. The molecule has 114 valence electrons. The number of rotatable bonds is 4. The number of nitriles is 1. The number of aryl methyl sites for hydroxylation is 1. The van der Waals surface area contributed by atoms with Crippen LogP contribution in [-0.2, 0) is 0 Å². The van der Waals surface area contributed by atoms with Gasteiger partial charge in [-0.25, -0.2) is 4.39 Å². The molecule has 23 heavy (non-hydrogen) atoms. The van der Waals surface area contributed by atoms with E-state index in [9.17, 15) is 4.39 Å². The minimum atomic E-state index is -0.356. The monoisotopic (exact) mass is 324 g/mol. The molecule has 0 atom stereocenters. The van der Waals surface area contributed by atoms with Crippen LogP contribution in [0.1, 0.15) is 5.56 Å². The molecule has 4 nitrogen and oxygen atoms in total. The molecule has 0 bridgehead atoms. The molecule has 6 heteroatoms. The van der Waals surface area contributed by atoms with Crippen LogP contribution in [-0.4, -0.2) is 20.5 Å². The Kier molecular flexibility index (Phi) is 4.40. The van der Waals surface area contributed by atoms with Crippen molar-refractivity contribution in [3.05, 3.63) is 59.9 Å². The van der Waals surface area contributed by atoms with Crippen molar-refractivity contribution < 1.29 is 4.39 Å². The second-order valence-electron chi connectivity index (χ2n) is 4.90. The highest BCUT2D eigenvalue weighted by Gasteiger charge is 2.18. The van der Waals surface area contributed by atoms with Crippen molar-refractivity contribution in [2.75, 3.05) is 5.75 Å². The van der Waals surface area contributed by atoms with Gasteiger partial charge in [0, 0.05) is 5.69 Å². The molecule has 0 aliphatic rings. The lowest BCUT2D eigenvalue weighted by atomic mass is 10.2. The Bertz CT molecular complexity index is 865. The first-order chi connectivity index (χ1) is 11.2. The summed E-state index contributed by atoms with van der Waals surface area (Å²) in [5.41, 5.74) is 2.34. The molecular weight excluding hydrogens is 311 g/mol. The van der Waals surface area contributed by atoms with Crippen molar-refractivity contribution in [3.8, 4) is 23.1 Å². The molecule has 3 rings (SSSR count). The maximum Gasteiger partial charge on any atom is 0.197 e.